The molecular weight excluding hydrogens is 264 g/mol. The standard InChI is InChI=1S/C17H28N2O2/c1-6-19(5)17(20)12-21-16-8-7-14(4)9-15(16)11-18-10-13(2)3/h7-9,13,18H,6,10-12H2,1-5H3. The molecule has 0 heterocycles. The van der Waals surface area contributed by atoms with Gasteiger partial charge in [0.15, 0.2) is 6.61 Å². The van der Waals surface area contributed by atoms with Gasteiger partial charge in [0, 0.05) is 25.7 Å². The van der Waals surface area contributed by atoms with Crippen molar-refractivity contribution in [1.82, 2.24) is 10.2 Å². The molecule has 1 aromatic carbocycles. The number of ether oxygens (including phenoxy) is 1. The van der Waals surface area contributed by atoms with Gasteiger partial charge in [0.2, 0.25) is 0 Å². The number of aryl methyl sites for hydroxylation is 1. The normalized spacial score (nSPS) is 10.8. The number of rotatable bonds is 8. The second-order valence-electron chi connectivity index (χ2n) is 5.83. The highest BCUT2D eigenvalue weighted by Crippen LogP contribution is 2.20. The summed E-state index contributed by atoms with van der Waals surface area (Å²) < 4.78 is 5.70. The molecule has 0 bridgehead atoms. The van der Waals surface area contributed by atoms with Gasteiger partial charge in [0.1, 0.15) is 5.75 Å². The van der Waals surface area contributed by atoms with Crippen LogP contribution in [0, 0.1) is 12.8 Å². The van der Waals surface area contributed by atoms with Crippen molar-refractivity contribution in [3.63, 3.8) is 0 Å². The van der Waals surface area contributed by atoms with E-state index in [-0.39, 0.29) is 12.5 Å². The number of hydrogen-bond donors (Lipinski definition) is 1. The lowest BCUT2D eigenvalue weighted by atomic mass is 10.1. The van der Waals surface area contributed by atoms with Crippen LogP contribution in [0.1, 0.15) is 31.9 Å². The Morgan fingerprint density at radius 1 is 1.38 bits per heavy atom. The first kappa shape index (κ1) is 17.5. The van der Waals surface area contributed by atoms with E-state index in [2.05, 4.69) is 32.2 Å². The highest BCUT2D eigenvalue weighted by molar-refractivity contribution is 5.77. The Balaban J connectivity index is 2.66. The number of benzene rings is 1. The number of amides is 1. The first-order valence-electron chi connectivity index (χ1n) is 7.61. The minimum Gasteiger partial charge on any atom is -0.483 e. The van der Waals surface area contributed by atoms with E-state index < -0.39 is 0 Å². The van der Waals surface area contributed by atoms with Crippen LogP contribution in [-0.2, 0) is 11.3 Å². The third-order valence-electron chi connectivity index (χ3n) is 3.34. The maximum absolute atomic E-state index is 11.8. The molecule has 0 saturated carbocycles. The molecule has 0 atom stereocenters. The van der Waals surface area contributed by atoms with Crippen LogP contribution >= 0.6 is 0 Å². The van der Waals surface area contributed by atoms with E-state index in [0.29, 0.717) is 12.5 Å². The summed E-state index contributed by atoms with van der Waals surface area (Å²) in [4.78, 5) is 13.5. The van der Waals surface area contributed by atoms with Gasteiger partial charge in [0.05, 0.1) is 0 Å². The van der Waals surface area contributed by atoms with Gasteiger partial charge in [-0.1, -0.05) is 31.5 Å². The van der Waals surface area contributed by atoms with Gasteiger partial charge < -0.3 is 15.0 Å². The van der Waals surface area contributed by atoms with Crippen molar-refractivity contribution in [2.24, 2.45) is 5.92 Å². The van der Waals surface area contributed by atoms with Crippen molar-refractivity contribution in [2.75, 3.05) is 26.7 Å². The number of carbonyl (C=O) groups excluding carboxylic acids is 1. The topological polar surface area (TPSA) is 41.6 Å². The second-order valence-corrected chi connectivity index (χ2v) is 5.83. The smallest absolute Gasteiger partial charge is 0.260 e. The lowest BCUT2D eigenvalue weighted by Crippen LogP contribution is -2.31. The van der Waals surface area contributed by atoms with E-state index >= 15 is 0 Å². The zero-order chi connectivity index (χ0) is 15.8. The fraction of sp³-hybridized carbons (Fsp3) is 0.588. The van der Waals surface area contributed by atoms with Gasteiger partial charge in [-0.2, -0.15) is 0 Å². The zero-order valence-corrected chi connectivity index (χ0v) is 13.9. The molecular formula is C17H28N2O2. The van der Waals surface area contributed by atoms with Crippen LogP contribution in [0.25, 0.3) is 0 Å². The maximum Gasteiger partial charge on any atom is 0.260 e. The summed E-state index contributed by atoms with van der Waals surface area (Å²) in [6, 6.07) is 6.06. The zero-order valence-electron chi connectivity index (χ0n) is 13.9. The highest BCUT2D eigenvalue weighted by atomic mass is 16.5. The van der Waals surface area contributed by atoms with Crippen molar-refractivity contribution in [3.8, 4) is 5.75 Å². The average molecular weight is 292 g/mol. The first-order valence-corrected chi connectivity index (χ1v) is 7.61. The number of carbonyl (C=O) groups is 1. The van der Waals surface area contributed by atoms with Gasteiger partial charge in [-0.05, 0) is 32.4 Å². The fourth-order valence-electron chi connectivity index (χ4n) is 1.91. The molecule has 1 aromatic rings. The molecule has 1 amide bonds. The van der Waals surface area contributed by atoms with E-state index in [4.69, 9.17) is 4.74 Å². The molecule has 0 unspecified atom stereocenters. The molecule has 0 saturated heterocycles. The minimum atomic E-state index is -0.000774. The Hall–Kier alpha value is -1.55. The lowest BCUT2D eigenvalue weighted by Gasteiger charge is -2.17. The van der Waals surface area contributed by atoms with Crippen LogP contribution in [0.5, 0.6) is 5.75 Å². The van der Waals surface area contributed by atoms with Gasteiger partial charge in [-0.3, -0.25) is 4.79 Å². The highest BCUT2D eigenvalue weighted by Gasteiger charge is 2.10. The molecule has 0 spiro atoms. The molecule has 0 fully saturated rings. The quantitative estimate of drug-likeness (QED) is 0.801. The Morgan fingerprint density at radius 3 is 2.71 bits per heavy atom. The van der Waals surface area contributed by atoms with Crippen LogP contribution in [0.3, 0.4) is 0 Å². The summed E-state index contributed by atoms with van der Waals surface area (Å²) in [6.07, 6.45) is 0. The third-order valence-corrected chi connectivity index (χ3v) is 3.34. The molecule has 118 valence electrons. The van der Waals surface area contributed by atoms with E-state index in [1.807, 2.05) is 19.1 Å². The Morgan fingerprint density at radius 2 is 2.10 bits per heavy atom. The summed E-state index contributed by atoms with van der Waals surface area (Å²) in [7, 11) is 1.78. The van der Waals surface area contributed by atoms with Crippen molar-refractivity contribution in [2.45, 2.75) is 34.2 Å². The number of hydrogen-bond acceptors (Lipinski definition) is 3. The van der Waals surface area contributed by atoms with E-state index in [9.17, 15) is 4.79 Å². The minimum absolute atomic E-state index is 0.000774. The van der Waals surface area contributed by atoms with Gasteiger partial charge in [-0.15, -0.1) is 0 Å². The van der Waals surface area contributed by atoms with E-state index in [0.717, 1.165) is 24.4 Å². The van der Waals surface area contributed by atoms with E-state index in [1.54, 1.807) is 11.9 Å². The molecule has 0 aliphatic rings. The Bertz CT molecular complexity index is 458. The number of likely N-dealkylation sites (N-methyl/N-ethyl adjacent to an activating group) is 1. The van der Waals surface area contributed by atoms with Gasteiger partial charge >= 0.3 is 0 Å². The summed E-state index contributed by atoms with van der Waals surface area (Å²) in [5.41, 5.74) is 2.29. The molecule has 1 rings (SSSR count). The molecule has 4 nitrogen and oxygen atoms in total. The molecule has 0 aliphatic heterocycles. The van der Waals surface area contributed by atoms with Gasteiger partial charge in [-0.25, -0.2) is 0 Å². The maximum atomic E-state index is 11.8. The third kappa shape index (κ3) is 6.17. The molecule has 0 aromatic heterocycles. The van der Waals surface area contributed by atoms with Crippen molar-refractivity contribution < 1.29 is 9.53 Å². The van der Waals surface area contributed by atoms with Crippen LogP contribution in [0.2, 0.25) is 0 Å². The van der Waals surface area contributed by atoms with Crippen molar-refractivity contribution in [3.05, 3.63) is 29.3 Å². The second kappa shape index (κ2) is 8.67. The van der Waals surface area contributed by atoms with Crippen LogP contribution < -0.4 is 10.1 Å². The summed E-state index contributed by atoms with van der Waals surface area (Å²) in [5, 5.41) is 3.41. The molecule has 1 N–H and O–H groups in total. The Labute approximate surface area is 128 Å². The van der Waals surface area contributed by atoms with Crippen LogP contribution in [0.4, 0.5) is 0 Å². The lowest BCUT2D eigenvalue weighted by molar-refractivity contribution is -0.131. The van der Waals surface area contributed by atoms with Crippen molar-refractivity contribution in [1.29, 1.82) is 0 Å². The van der Waals surface area contributed by atoms with Crippen LogP contribution in [-0.4, -0.2) is 37.6 Å². The number of nitrogens with zero attached hydrogens (tertiary/aromatic N) is 1. The average Bonchev–Trinajstić information content (AvgIpc) is 2.44. The van der Waals surface area contributed by atoms with Crippen LogP contribution in [0.15, 0.2) is 18.2 Å². The van der Waals surface area contributed by atoms with Crippen molar-refractivity contribution >= 4 is 5.91 Å². The predicted octanol–water partition coefficient (Wildman–Crippen LogP) is 2.60. The van der Waals surface area contributed by atoms with E-state index in [1.165, 1.54) is 5.56 Å². The molecule has 21 heavy (non-hydrogen) atoms. The summed E-state index contributed by atoms with van der Waals surface area (Å²) >= 11 is 0. The largest absolute Gasteiger partial charge is 0.483 e. The summed E-state index contributed by atoms with van der Waals surface area (Å²) in [5.74, 6) is 1.40. The Kier molecular flexibility index (Phi) is 7.23. The van der Waals surface area contributed by atoms with Gasteiger partial charge in [0.25, 0.3) is 5.91 Å². The summed E-state index contributed by atoms with van der Waals surface area (Å²) in [6.45, 7) is 10.9. The number of nitrogens with one attached hydrogen (secondary N) is 1. The predicted molar refractivity (Wildman–Crippen MR) is 86.5 cm³/mol. The first-order chi connectivity index (χ1) is 9.93. The fourth-order valence-corrected chi connectivity index (χ4v) is 1.91. The molecule has 4 heteroatoms. The monoisotopic (exact) mass is 292 g/mol. The molecule has 0 aliphatic carbocycles. The molecule has 0 radical (unpaired) electrons. The SMILES string of the molecule is CCN(C)C(=O)COc1ccc(C)cc1CNCC(C)C.